The molecule has 0 radical (unpaired) electrons. The topological polar surface area (TPSA) is 75.3 Å². The van der Waals surface area contributed by atoms with Gasteiger partial charge in [0.15, 0.2) is 0 Å². The summed E-state index contributed by atoms with van der Waals surface area (Å²) in [5, 5.41) is 3.58. The van der Waals surface area contributed by atoms with Gasteiger partial charge in [-0.15, -0.1) is 0 Å². The maximum Gasteiger partial charge on any atom is 0.261 e. The van der Waals surface area contributed by atoms with Crippen molar-refractivity contribution in [2.24, 2.45) is 0 Å². The number of halogens is 2. The molecule has 0 unspecified atom stereocenters. The van der Waals surface area contributed by atoms with Crippen LogP contribution in [0.25, 0.3) is 0 Å². The molecule has 1 amide bonds. The van der Waals surface area contributed by atoms with Crippen LogP contribution in [0.5, 0.6) is 0 Å². The molecule has 0 spiro atoms. The third-order valence-electron chi connectivity index (χ3n) is 3.88. The molecule has 0 fully saturated rings. The second kappa shape index (κ2) is 8.65. The van der Waals surface area contributed by atoms with Crippen molar-refractivity contribution in [3.05, 3.63) is 94.0 Å². The van der Waals surface area contributed by atoms with Crippen LogP contribution in [0.1, 0.15) is 15.9 Å². The normalized spacial score (nSPS) is 11.1. The fourth-order valence-corrected chi connectivity index (χ4v) is 3.86. The Kier molecular flexibility index (Phi) is 6.24. The minimum atomic E-state index is -3.77. The lowest BCUT2D eigenvalue weighted by atomic mass is 10.1. The first-order valence-electron chi connectivity index (χ1n) is 8.25. The fraction of sp³-hybridized carbons (Fsp3) is 0.0500. The Morgan fingerprint density at radius 2 is 1.57 bits per heavy atom. The molecule has 0 aliphatic carbocycles. The van der Waals surface area contributed by atoms with Crippen LogP contribution >= 0.6 is 23.2 Å². The summed E-state index contributed by atoms with van der Waals surface area (Å²) >= 11 is 12.0. The Labute approximate surface area is 173 Å². The van der Waals surface area contributed by atoms with Crippen molar-refractivity contribution in [3.8, 4) is 0 Å². The van der Waals surface area contributed by atoms with Crippen molar-refractivity contribution < 1.29 is 13.2 Å². The van der Waals surface area contributed by atoms with Crippen LogP contribution in [-0.4, -0.2) is 14.3 Å². The summed E-state index contributed by atoms with van der Waals surface area (Å²) in [5.74, 6) is -0.416. The highest BCUT2D eigenvalue weighted by atomic mass is 35.5. The van der Waals surface area contributed by atoms with Crippen LogP contribution in [0.3, 0.4) is 0 Å². The molecule has 0 bridgehead atoms. The third-order valence-corrected chi connectivity index (χ3v) is 5.86. The van der Waals surface area contributed by atoms with Crippen molar-refractivity contribution in [2.75, 3.05) is 4.72 Å². The average molecular weight is 435 g/mol. The molecule has 3 aromatic rings. The van der Waals surface area contributed by atoms with E-state index in [2.05, 4.69) is 10.0 Å². The van der Waals surface area contributed by atoms with Crippen molar-refractivity contribution in [2.45, 2.75) is 11.4 Å². The minimum absolute atomic E-state index is 0.124. The van der Waals surface area contributed by atoms with Gasteiger partial charge in [0.25, 0.3) is 15.9 Å². The monoisotopic (exact) mass is 434 g/mol. The summed E-state index contributed by atoms with van der Waals surface area (Å²) < 4.78 is 27.4. The Bertz CT molecular complexity index is 1090. The molecular weight excluding hydrogens is 419 g/mol. The molecule has 0 aromatic heterocycles. The van der Waals surface area contributed by atoms with E-state index >= 15 is 0 Å². The number of anilines is 1. The van der Waals surface area contributed by atoms with E-state index in [9.17, 15) is 13.2 Å². The van der Waals surface area contributed by atoms with Crippen LogP contribution in [-0.2, 0) is 16.6 Å². The first kappa shape index (κ1) is 20.2. The molecule has 0 aliphatic heterocycles. The number of hydrogen-bond acceptors (Lipinski definition) is 3. The standard InChI is InChI=1S/C20H16Cl2N2O3S/c21-15-8-6-14(7-9-15)13-23-20(25)18-12-16(10-11-19(18)22)24-28(26,27)17-4-2-1-3-5-17/h1-12,24H,13H2,(H,23,25). The molecule has 0 aliphatic rings. The van der Waals surface area contributed by atoms with Gasteiger partial charge >= 0.3 is 0 Å². The molecule has 0 atom stereocenters. The van der Waals surface area contributed by atoms with E-state index in [1.165, 1.54) is 30.3 Å². The highest BCUT2D eigenvalue weighted by Crippen LogP contribution is 2.23. The smallest absolute Gasteiger partial charge is 0.261 e. The molecule has 2 N–H and O–H groups in total. The van der Waals surface area contributed by atoms with E-state index in [1.54, 1.807) is 42.5 Å². The number of carbonyl (C=O) groups excluding carboxylic acids is 1. The number of carbonyl (C=O) groups is 1. The number of rotatable bonds is 6. The second-order valence-electron chi connectivity index (χ2n) is 5.92. The van der Waals surface area contributed by atoms with Gasteiger partial charge in [0.05, 0.1) is 15.5 Å². The van der Waals surface area contributed by atoms with Gasteiger partial charge in [0.2, 0.25) is 0 Å². The minimum Gasteiger partial charge on any atom is -0.348 e. The van der Waals surface area contributed by atoms with Crippen LogP contribution in [0.15, 0.2) is 77.7 Å². The molecule has 144 valence electrons. The summed E-state index contributed by atoms with van der Waals surface area (Å²) in [7, 11) is -3.77. The Hall–Kier alpha value is -2.54. The molecule has 8 heteroatoms. The summed E-state index contributed by atoms with van der Waals surface area (Å²) in [6.45, 7) is 0.284. The first-order valence-corrected chi connectivity index (χ1v) is 10.5. The van der Waals surface area contributed by atoms with Gasteiger partial charge in [0.1, 0.15) is 0 Å². The number of nitrogens with one attached hydrogen (secondary N) is 2. The maximum atomic E-state index is 12.5. The van der Waals surface area contributed by atoms with Gasteiger partial charge in [-0.1, -0.05) is 53.5 Å². The zero-order valence-electron chi connectivity index (χ0n) is 14.5. The lowest BCUT2D eigenvalue weighted by Crippen LogP contribution is -2.23. The Morgan fingerprint density at radius 1 is 0.893 bits per heavy atom. The van der Waals surface area contributed by atoms with Crippen molar-refractivity contribution in [1.82, 2.24) is 5.32 Å². The van der Waals surface area contributed by atoms with E-state index in [1.807, 2.05) is 0 Å². The van der Waals surface area contributed by atoms with Gasteiger partial charge in [-0.05, 0) is 48.0 Å². The number of amides is 1. The molecule has 28 heavy (non-hydrogen) atoms. The van der Waals surface area contributed by atoms with Gasteiger partial charge in [-0.25, -0.2) is 8.42 Å². The molecule has 0 heterocycles. The molecule has 0 saturated carbocycles. The van der Waals surface area contributed by atoms with E-state index in [0.29, 0.717) is 5.02 Å². The lowest BCUT2D eigenvalue weighted by molar-refractivity contribution is 0.0951. The van der Waals surface area contributed by atoms with E-state index in [4.69, 9.17) is 23.2 Å². The van der Waals surface area contributed by atoms with Crippen LogP contribution in [0, 0.1) is 0 Å². The van der Waals surface area contributed by atoms with E-state index in [0.717, 1.165) is 5.56 Å². The quantitative estimate of drug-likeness (QED) is 0.588. The highest BCUT2D eigenvalue weighted by Gasteiger charge is 2.16. The summed E-state index contributed by atoms with van der Waals surface area (Å²) in [6.07, 6.45) is 0. The average Bonchev–Trinajstić information content (AvgIpc) is 2.69. The third kappa shape index (κ3) is 5.04. The number of sulfonamides is 1. The predicted molar refractivity (Wildman–Crippen MR) is 111 cm³/mol. The summed E-state index contributed by atoms with van der Waals surface area (Å²) in [6, 6.07) is 19.4. The largest absolute Gasteiger partial charge is 0.348 e. The van der Waals surface area contributed by atoms with Crippen molar-refractivity contribution in [3.63, 3.8) is 0 Å². The molecule has 3 aromatic carbocycles. The van der Waals surface area contributed by atoms with Crippen LogP contribution in [0.2, 0.25) is 10.0 Å². The van der Waals surface area contributed by atoms with Crippen molar-refractivity contribution >= 4 is 44.8 Å². The molecule has 5 nitrogen and oxygen atoms in total. The van der Waals surface area contributed by atoms with E-state index < -0.39 is 15.9 Å². The molecule has 3 rings (SSSR count). The van der Waals surface area contributed by atoms with E-state index in [-0.39, 0.29) is 27.7 Å². The van der Waals surface area contributed by atoms with Gasteiger partial charge in [-0.2, -0.15) is 0 Å². The number of hydrogen-bond donors (Lipinski definition) is 2. The van der Waals surface area contributed by atoms with Crippen LogP contribution in [0.4, 0.5) is 5.69 Å². The zero-order valence-corrected chi connectivity index (χ0v) is 16.9. The predicted octanol–water partition coefficient (Wildman–Crippen LogP) is 4.72. The first-order chi connectivity index (χ1) is 13.3. The Balaban J connectivity index is 1.75. The zero-order chi connectivity index (χ0) is 20.1. The SMILES string of the molecule is O=C(NCc1ccc(Cl)cc1)c1cc(NS(=O)(=O)c2ccccc2)ccc1Cl. The summed E-state index contributed by atoms with van der Waals surface area (Å²) in [5.41, 5.74) is 1.28. The Morgan fingerprint density at radius 3 is 2.25 bits per heavy atom. The van der Waals surface area contributed by atoms with Crippen molar-refractivity contribution in [1.29, 1.82) is 0 Å². The number of benzene rings is 3. The fourth-order valence-electron chi connectivity index (χ4n) is 2.46. The lowest BCUT2D eigenvalue weighted by Gasteiger charge is -2.11. The van der Waals surface area contributed by atoms with Gasteiger partial charge < -0.3 is 5.32 Å². The molecular formula is C20H16Cl2N2O3S. The van der Waals surface area contributed by atoms with Crippen LogP contribution < -0.4 is 10.0 Å². The maximum absolute atomic E-state index is 12.5. The molecule has 0 saturated heterocycles. The van der Waals surface area contributed by atoms with Gasteiger partial charge in [0, 0.05) is 17.3 Å². The van der Waals surface area contributed by atoms with Gasteiger partial charge in [-0.3, -0.25) is 9.52 Å². The highest BCUT2D eigenvalue weighted by molar-refractivity contribution is 7.92. The second-order valence-corrected chi connectivity index (χ2v) is 8.45. The summed E-state index contributed by atoms with van der Waals surface area (Å²) in [4.78, 5) is 12.6.